The summed E-state index contributed by atoms with van der Waals surface area (Å²) in [6.45, 7) is 5.48. The third-order valence-corrected chi connectivity index (χ3v) is 5.44. The van der Waals surface area contributed by atoms with Crippen molar-refractivity contribution in [3.63, 3.8) is 0 Å². The van der Waals surface area contributed by atoms with E-state index in [1.165, 1.54) is 55.4 Å². The van der Waals surface area contributed by atoms with Gasteiger partial charge in [0.05, 0.1) is 11.6 Å². The van der Waals surface area contributed by atoms with Crippen molar-refractivity contribution in [2.45, 2.75) is 70.4 Å². The molecule has 1 aromatic rings. The minimum Gasteiger partial charge on any atom is -0.376 e. The fraction of sp³-hybridized carbons (Fsp3) is 0.765. The molecule has 2 nitrogen and oxygen atoms in total. The van der Waals surface area contributed by atoms with E-state index >= 15 is 0 Å². The van der Waals surface area contributed by atoms with Crippen molar-refractivity contribution in [2.24, 2.45) is 0 Å². The van der Waals surface area contributed by atoms with Gasteiger partial charge in [0.25, 0.3) is 0 Å². The molecule has 0 spiro atoms. The SMILES string of the molecule is CCCNC(c1csc(C)c1)C1(OC)CCCCCC1. The minimum atomic E-state index is -0.0147. The van der Waals surface area contributed by atoms with Crippen molar-refractivity contribution in [1.82, 2.24) is 5.32 Å². The second-order valence-electron chi connectivity index (χ2n) is 6.06. The molecule has 114 valence electrons. The van der Waals surface area contributed by atoms with Crippen molar-refractivity contribution < 1.29 is 4.74 Å². The molecule has 1 aromatic heterocycles. The zero-order valence-corrected chi connectivity index (χ0v) is 14.0. The van der Waals surface area contributed by atoms with E-state index in [0.717, 1.165) is 6.54 Å². The molecule has 1 N–H and O–H groups in total. The van der Waals surface area contributed by atoms with Crippen LogP contribution < -0.4 is 5.32 Å². The van der Waals surface area contributed by atoms with Crippen molar-refractivity contribution in [3.8, 4) is 0 Å². The number of methoxy groups -OCH3 is 1. The molecule has 1 heterocycles. The fourth-order valence-electron chi connectivity index (χ4n) is 3.45. The molecule has 0 amide bonds. The summed E-state index contributed by atoms with van der Waals surface area (Å²) >= 11 is 1.85. The van der Waals surface area contributed by atoms with Crippen molar-refractivity contribution in [2.75, 3.05) is 13.7 Å². The third kappa shape index (κ3) is 3.63. The molecule has 0 radical (unpaired) electrons. The van der Waals surface area contributed by atoms with Crippen LogP contribution in [-0.4, -0.2) is 19.3 Å². The number of rotatable bonds is 6. The van der Waals surface area contributed by atoms with Crippen molar-refractivity contribution in [1.29, 1.82) is 0 Å². The van der Waals surface area contributed by atoms with Gasteiger partial charge in [-0.15, -0.1) is 11.3 Å². The smallest absolute Gasteiger partial charge is 0.0872 e. The fourth-order valence-corrected chi connectivity index (χ4v) is 4.18. The first-order valence-corrected chi connectivity index (χ1v) is 8.93. The van der Waals surface area contributed by atoms with E-state index < -0.39 is 0 Å². The Hall–Kier alpha value is -0.380. The first-order chi connectivity index (χ1) is 9.72. The number of ether oxygens (including phenoxy) is 1. The van der Waals surface area contributed by atoms with Gasteiger partial charge in [0, 0.05) is 12.0 Å². The van der Waals surface area contributed by atoms with Crippen LogP contribution in [0.5, 0.6) is 0 Å². The van der Waals surface area contributed by atoms with Gasteiger partial charge >= 0.3 is 0 Å². The molecule has 0 saturated heterocycles. The normalized spacial score (nSPS) is 20.6. The largest absolute Gasteiger partial charge is 0.376 e. The molecule has 0 aromatic carbocycles. The number of thiophene rings is 1. The van der Waals surface area contributed by atoms with Crippen LogP contribution in [0, 0.1) is 6.92 Å². The summed E-state index contributed by atoms with van der Waals surface area (Å²) in [5.41, 5.74) is 1.41. The highest BCUT2D eigenvalue weighted by Crippen LogP contribution is 2.41. The molecule has 1 unspecified atom stereocenters. The average molecular weight is 295 g/mol. The zero-order chi connectivity index (χ0) is 14.4. The average Bonchev–Trinajstić information content (AvgIpc) is 2.75. The standard InChI is InChI=1S/C17H29NOS/c1-4-11-18-16(15-12-14(2)20-13-15)17(19-3)9-7-5-6-8-10-17/h12-13,16,18H,4-11H2,1-3H3. The maximum absolute atomic E-state index is 6.12. The Balaban J connectivity index is 2.26. The Labute approximate surface area is 127 Å². The quantitative estimate of drug-likeness (QED) is 0.758. The monoisotopic (exact) mass is 295 g/mol. The van der Waals surface area contributed by atoms with Crippen LogP contribution >= 0.6 is 11.3 Å². The highest BCUT2D eigenvalue weighted by atomic mass is 32.1. The number of hydrogen-bond donors (Lipinski definition) is 1. The minimum absolute atomic E-state index is 0.0147. The molecular formula is C17H29NOS. The molecule has 2 rings (SSSR count). The van der Waals surface area contributed by atoms with E-state index in [9.17, 15) is 0 Å². The van der Waals surface area contributed by atoms with Crippen LogP contribution in [0.1, 0.15) is 68.4 Å². The van der Waals surface area contributed by atoms with Crippen LogP contribution in [0.3, 0.4) is 0 Å². The molecule has 1 aliphatic carbocycles. The predicted octanol–water partition coefficient (Wildman–Crippen LogP) is 4.84. The second kappa shape index (κ2) is 7.58. The van der Waals surface area contributed by atoms with Gasteiger partial charge in [0.2, 0.25) is 0 Å². The van der Waals surface area contributed by atoms with Crippen LogP contribution in [-0.2, 0) is 4.74 Å². The van der Waals surface area contributed by atoms with Gasteiger partial charge in [0.15, 0.2) is 0 Å². The summed E-state index contributed by atoms with van der Waals surface area (Å²) in [5, 5.41) is 6.08. The maximum Gasteiger partial charge on any atom is 0.0872 e. The molecule has 1 saturated carbocycles. The first-order valence-electron chi connectivity index (χ1n) is 8.05. The summed E-state index contributed by atoms with van der Waals surface area (Å²) in [6.07, 6.45) is 8.82. The van der Waals surface area contributed by atoms with Gasteiger partial charge in [-0.2, -0.15) is 0 Å². The van der Waals surface area contributed by atoms with E-state index in [-0.39, 0.29) is 5.60 Å². The Kier molecular flexibility index (Phi) is 6.06. The van der Waals surface area contributed by atoms with E-state index in [2.05, 4.69) is 30.6 Å². The van der Waals surface area contributed by atoms with E-state index in [1.54, 1.807) is 0 Å². The molecule has 1 atom stereocenters. The topological polar surface area (TPSA) is 21.3 Å². The van der Waals surface area contributed by atoms with Crippen LogP contribution in [0.4, 0.5) is 0 Å². The lowest BCUT2D eigenvalue weighted by molar-refractivity contribution is -0.0539. The summed E-state index contributed by atoms with van der Waals surface area (Å²) in [7, 11) is 1.91. The molecule has 0 aliphatic heterocycles. The van der Waals surface area contributed by atoms with Crippen molar-refractivity contribution in [3.05, 3.63) is 21.9 Å². The predicted molar refractivity (Wildman–Crippen MR) is 87.5 cm³/mol. The molecule has 20 heavy (non-hydrogen) atoms. The van der Waals surface area contributed by atoms with Crippen LogP contribution in [0.15, 0.2) is 11.4 Å². The Morgan fingerprint density at radius 3 is 2.50 bits per heavy atom. The second-order valence-corrected chi connectivity index (χ2v) is 7.18. The summed E-state index contributed by atoms with van der Waals surface area (Å²) < 4.78 is 6.12. The van der Waals surface area contributed by atoms with Crippen molar-refractivity contribution >= 4 is 11.3 Å². The van der Waals surface area contributed by atoms with Gasteiger partial charge in [-0.3, -0.25) is 0 Å². The molecular weight excluding hydrogens is 266 g/mol. The summed E-state index contributed by atoms with van der Waals surface area (Å²) in [6, 6.07) is 2.68. The molecule has 1 fully saturated rings. The van der Waals surface area contributed by atoms with Crippen LogP contribution in [0.2, 0.25) is 0 Å². The van der Waals surface area contributed by atoms with Crippen LogP contribution in [0.25, 0.3) is 0 Å². The lowest BCUT2D eigenvalue weighted by Crippen LogP contribution is -2.45. The number of aryl methyl sites for hydroxylation is 1. The molecule has 1 aliphatic rings. The highest BCUT2D eigenvalue weighted by Gasteiger charge is 2.40. The molecule has 3 heteroatoms. The first kappa shape index (κ1) is 16.0. The van der Waals surface area contributed by atoms with Gasteiger partial charge < -0.3 is 10.1 Å². The zero-order valence-electron chi connectivity index (χ0n) is 13.2. The number of nitrogens with one attached hydrogen (secondary N) is 1. The van der Waals surface area contributed by atoms with Gasteiger partial charge in [-0.1, -0.05) is 32.6 Å². The Morgan fingerprint density at radius 2 is 2.00 bits per heavy atom. The van der Waals surface area contributed by atoms with E-state index in [4.69, 9.17) is 4.74 Å². The highest BCUT2D eigenvalue weighted by molar-refractivity contribution is 7.10. The van der Waals surface area contributed by atoms with Gasteiger partial charge in [0.1, 0.15) is 0 Å². The van der Waals surface area contributed by atoms with Gasteiger partial charge in [-0.05, 0) is 49.7 Å². The van der Waals surface area contributed by atoms with E-state index in [1.807, 2.05) is 18.4 Å². The van der Waals surface area contributed by atoms with E-state index in [0.29, 0.717) is 6.04 Å². The Morgan fingerprint density at radius 1 is 1.30 bits per heavy atom. The van der Waals surface area contributed by atoms with Gasteiger partial charge in [-0.25, -0.2) is 0 Å². The molecule has 0 bridgehead atoms. The number of hydrogen-bond acceptors (Lipinski definition) is 3. The Bertz CT molecular complexity index is 393. The lowest BCUT2D eigenvalue weighted by Gasteiger charge is -2.40. The maximum atomic E-state index is 6.12. The summed E-state index contributed by atoms with van der Waals surface area (Å²) in [5.74, 6) is 0. The summed E-state index contributed by atoms with van der Waals surface area (Å²) in [4.78, 5) is 1.39. The lowest BCUT2D eigenvalue weighted by atomic mass is 9.82. The third-order valence-electron chi connectivity index (χ3n) is 4.57.